The normalized spacial score (nSPS) is 18.7. The molecule has 10 heteroatoms. The van der Waals surface area contributed by atoms with E-state index in [-0.39, 0.29) is 17.9 Å². The number of nitrogens with zero attached hydrogens (tertiary/aromatic N) is 5. The van der Waals surface area contributed by atoms with Gasteiger partial charge in [0.05, 0.1) is 22.9 Å². The molecular formula is C24H27F3N6O. The quantitative estimate of drug-likeness (QED) is 0.585. The number of likely N-dealkylation sites (tertiary alicyclic amines) is 1. The number of carbonyl (C=O) groups is 1. The van der Waals surface area contributed by atoms with Crippen molar-refractivity contribution in [2.24, 2.45) is 5.92 Å². The van der Waals surface area contributed by atoms with Crippen molar-refractivity contribution in [1.82, 2.24) is 24.6 Å². The van der Waals surface area contributed by atoms with Crippen LogP contribution in [0.5, 0.6) is 0 Å². The highest BCUT2D eigenvalue weighted by Gasteiger charge is 2.34. The fourth-order valence-corrected chi connectivity index (χ4v) is 4.38. The minimum absolute atomic E-state index is 0.104. The first-order chi connectivity index (χ1) is 16.1. The molecule has 34 heavy (non-hydrogen) atoms. The van der Waals surface area contributed by atoms with Gasteiger partial charge in [-0.2, -0.15) is 18.3 Å². The van der Waals surface area contributed by atoms with Crippen LogP contribution in [0.2, 0.25) is 0 Å². The van der Waals surface area contributed by atoms with Crippen LogP contribution >= 0.6 is 0 Å². The van der Waals surface area contributed by atoms with Crippen molar-refractivity contribution < 1.29 is 18.0 Å². The number of carbonyl (C=O) groups excluding carboxylic acids is 1. The monoisotopic (exact) mass is 472 g/mol. The summed E-state index contributed by atoms with van der Waals surface area (Å²) in [7, 11) is 0. The number of hydrogen-bond acceptors (Lipinski definition) is 5. The molecule has 1 aliphatic rings. The third-order valence-electron chi connectivity index (χ3n) is 6.29. The molecule has 1 aliphatic heterocycles. The number of hydrogen-bond donors (Lipinski definition) is 1. The van der Waals surface area contributed by atoms with Crippen molar-refractivity contribution in [3.8, 4) is 5.69 Å². The highest BCUT2D eigenvalue weighted by atomic mass is 19.4. The van der Waals surface area contributed by atoms with E-state index in [4.69, 9.17) is 0 Å². The van der Waals surface area contributed by atoms with Gasteiger partial charge in [-0.25, -0.2) is 14.6 Å². The molecule has 0 aliphatic carbocycles. The second-order valence-electron chi connectivity index (χ2n) is 8.74. The lowest BCUT2D eigenvalue weighted by molar-refractivity contribution is -0.137. The Hall–Kier alpha value is -3.43. The molecule has 0 bridgehead atoms. The third kappa shape index (κ3) is 4.90. The van der Waals surface area contributed by atoms with Crippen molar-refractivity contribution in [1.29, 1.82) is 0 Å². The van der Waals surface area contributed by atoms with Crippen molar-refractivity contribution in [2.45, 2.75) is 45.8 Å². The zero-order valence-electron chi connectivity index (χ0n) is 19.3. The Morgan fingerprint density at radius 1 is 1.18 bits per heavy atom. The SMILES string of the molecule is Cc1ccc(-n2ncnc2C)c(C(=O)N2CCCC(C)[C@H]2CNc2ccc(C(F)(F)F)cn2)c1. The van der Waals surface area contributed by atoms with E-state index in [0.717, 1.165) is 30.7 Å². The Bertz CT molecular complexity index is 1160. The van der Waals surface area contributed by atoms with E-state index in [9.17, 15) is 18.0 Å². The van der Waals surface area contributed by atoms with Crippen molar-refractivity contribution in [3.63, 3.8) is 0 Å². The van der Waals surface area contributed by atoms with Crippen LogP contribution in [0, 0.1) is 19.8 Å². The van der Waals surface area contributed by atoms with Crippen LogP contribution in [0.15, 0.2) is 42.9 Å². The summed E-state index contributed by atoms with van der Waals surface area (Å²) < 4.78 is 40.1. The van der Waals surface area contributed by atoms with Crippen LogP contribution in [-0.4, -0.2) is 49.7 Å². The maximum absolute atomic E-state index is 13.8. The fraction of sp³-hybridized carbons (Fsp3) is 0.417. The molecule has 1 N–H and O–H groups in total. The van der Waals surface area contributed by atoms with E-state index in [2.05, 4.69) is 27.3 Å². The Morgan fingerprint density at radius 3 is 2.62 bits per heavy atom. The number of alkyl halides is 3. The number of nitrogens with one attached hydrogen (secondary N) is 1. The number of piperidine rings is 1. The Morgan fingerprint density at radius 2 is 1.97 bits per heavy atom. The van der Waals surface area contributed by atoms with Gasteiger partial charge in [0, 0.05) is 19.3 Å². The van der Waals surface area contributed by atoms with Gasteiger partial charge in [0.1, 0.15) is 18.0 Å². The van der Waals surface area contributed by atoms with Crippen molar-refractivity contribution >= 4 is 11.7 Å². The molecule has 1 amide bonds. The summed E-state index contributed by atoms with van der Waals surface area (Å²) in [4.78, 5) is 23.7. The number of anilines is 1. The summed E-state index contributed by atoms with van der Waals surface area (Å²) in [6.07, 6.45) is -0.323. The van der Waals surface area contributed by atoms with Gasteiger partial charge in [-0.1, -0.05) is 18.6 Å². The number of rotatable bonds is 5. The van der Waals surface area contributed by atoms with Gasteiger partial charge >= 0.3 is 6.18 Å². The maximum atomic E-state index is 13.8. The molecule has 2 atom stereocenters. The number of halogens is 3. The second-order valence-corrected chi connectivity index (χ2v) is 8.74. The van der Waals surface area contributed by atoms with Crippen LogP contribution < -0.4 is 5.32 Å². The Balaban J connectivity index is 1.58. The molecule has 1 unspecified atom stereocenters. The largest absolute Gasteiger partial charge is 0.417 e. The Labute approximate surface area is 196 Å². The predicted octanol–water partition coefficient (Wildman–Crippen LogP) is 4.65. The molecule has 1 aromatic carbocycles. The minimum Gasteiger partial charge on any atom is -0.368 e. The van der Waals surface area contributed by atoms with E-state index in [1.165, 1.54) is 12.4 Å². The van der Waals surface area contributed by atoms with Crippen LogP contribution in [0.25, 0.3) is 5.69 Å². The number of aryl methyl sites for hydroxylation is 2. The summed E-state index contributed by atoms with van der Waals surface area (Å²) >= 11 is 0. The van der Waals surface area contributed by atoms with Crippen LogP contribution in [0.4, 0.5) is 19.0 Å². The molecule has 3 aromatic rings. The zero-order chi connectivity index (χ0) is 24.5. The molecule has 1 saturated heterocycles. The Kier molecular flexibility index (Phi) is 6.58. The lowest BCUT2D eigenvalue weighted by Gasteiger charge is -2.40. The van der Waals surface area contributed by atoms with Crippen molar-refractivity contribution in [2.75, 3.05) is 18.4 Å². The summed E-state index contributed by atoms with van der Waals surface area (Å²) in [5.74, 6) is 1.12. The molecule has 3 heterocycles. The highest BCUT2D eigenvalue weighted by Crippen LogP contribution is 2.30. The average molecular weight is 473 g/mol. The number of amides is 1. The van der Waals surface area contributed by atoms with Crippen LogP contribution in [0.3, 0.4) is 0 Å². The van der Waals surface area contributed by atoms with Crippen LogP contribution in [0.1, 0.15) is 47.1 Å². The smallest absolute Gasteiger partial charge is 0.368 e. The summed E-state index contributed by atoms with van der Waals surface area (Å²) in [5.41, 5.74) is 1.37. The van der Waals surface area contributed by atoms with Gasteiger partial charge < -0.3 is 10.2 Å². The van der Waals surface area contributed by atoms with E-state index < -0.39 is 11.7 Å². The lowest BCUT2D eigenvalue weighted by Crippen LogP contribution is -2.51. The van der Waals surface area contributed by atoms with E-state index in [1.54, 1.807) is 4.68 Å². The second kappa shape index (κ2) is 9.44. The van der Waals surface area contributed by atoms with Crippen LogP contribution in [-0.2, 0) is 6.18 Å². The number of aromatic nitrogens is 4. The molecule has 0 radical (unpaired) electrons. The molecule has 180 valence electrons. The lowest BCUT2D eigenvalue weighted by atomic mass is 9.89. The summed E-state index contributed by atoms with van der Waals surface area (Å²) in [6.45, 7) is 6.83. The molecular weight excluding hydrogens is 445 g/mol. The van der Waals surface area contributed by atoms with Gasteiger partial charge in [-0.3, -0.25) is 4.79 Å². The first-order valence-corrected chi connectivity index (χ1v) is 11.2. The van der Waals surface area contributed by atoms with Gasteiger partial charge in [-0.15, -0.1) is 0 Å². The van der Waals surface area contributed by atoms with E-state index >= 15 is 0 Å². The third-order valence-corrected chi connectivity index (χ3v) is 6.29. The van der Waals surface area contributed by atoms with Gasteiger partial charge in [0.15, 0.2) is 0 Å². The van der Waals surface area contributed by atoms with Crippen molar-refractivity contribution in [3.05, 3.63) is 65.4 Å². The summed E-state index contributed by atoms with van der Waals surface area (Å²) in [5, 5.41) is 7.39. The molecule has 0 saturated carbocycles. The average Bonchev–Trinajstić information content (AvgIpc) is 3.23. The zero-order valence-corrected chi connectivity index (χ0v) is 19.3. The van der Waals surface area contributed by atoms with Gasteiger partial charge in [0.2, 0.25) is 0 Å². The standard InChI is InChI=1S/C24H27F3N6O/c1-15-6-8-20(33-17(3)30-14-31-33)19(11-15)23(34)32-10-4-5-16(2)21(32)13-29-22-9-7-18(12-28-22)24(25,26)27/h6-9,11-12,14,16,21H,4-5,10,13H2,1-3H3,(H,28,29)/t16?,21-/m1/s1. The molecule has 7 nitrogen and oxygen atoms in total. The number of benzene rings is 1. The highest BCUT2D eigenvalue weighted by molar-refractivity contribution is 5.98. The topological polar surface area (TPSA) is 75.9 Å². The number of pyridine rings is 1. The molecule has 2 aromatic heterocycles. The first kappa shape index (κ1) is 23.7. The first-order valence-electron chi connectivity index (χ1n) is 11.2. The summed E-state index contributed by atoms with van der Waals surface area (Å²) in [6, 6.07) is 7.84. The fourth-order valence-electron chi connectivity index (χ4n) is 4.38. The maximum Gasteiger partial charge on any atom is 0.417 e. The van der Waals surface area contributed by atoms with Gasteiger partial charge in [-0.05, 0) is 56.9 Å². The predicted molar refractivity (Wildman–Crippen MR) is 122 cm³/mol. The molecule has 1 fully saturated rings. The molecule has 0 spiro atoms. The minimum atomic E-state index is -4.43. The van der Waals surface area contributed by atoms with Gasteiger partial charge in [0.25, 0.3) is 5.91 Å². The van der Waals surface area contributed by atoms with E-state index in [1.807, 2.05) is 36.9 Å². The van der Waals surface area contributed by atoms with E-state index in [0.29, 0.717) is 36.0 Å². The molecule has 4 rings (SSSR count).